The second-order valence-corrected chi connectivity index (χ2v) is 8.65. The van der Waals surface area contributed by atoms with E-state index in [0.29, 0.717) is 19.5 Å². The van der Waals surface area contributed by atoms with Gasteiger partial charge in [-0.15, -0.1) is 0 Å². The number of hydrogen-bond acceptors (Lipinski definition) is 4. The molecule has 7 heteroatoms. The molecule has 0 aliphatic heterocycles. The average Bonchev–Trinajstić information content (AvgIpc) is 3.32. The zero-order valence-corrected chi connectivity index (χ0v) is 20.7. The van der Waals surface area contributed by atoms with E-state index in [2.05, 4.69) is 9.88 Å². The molecule has 37 heavy (non-hydrogen) atoms. The summed E-state index contributed by atoms with van der Waals surface area (Å²) in [5.41, 5.74) is 5.87. The molecule has 0 unspecified atom stereocenters. The van der Waals surface area contributed by atoms with Crippen molar-refractivity contribution in [2.45, 2.75) is 32.5 Å². The third-order valence-electron chi connectivity index (χ3n) is 6.03. The molecule has 0 atom stereocenters. The highest BCUT2D eigenvalue weighted by atomic mass is 16.5. The van der Waals surface area contributed by atoms with Gasteiger partial charge in [0.15, 0.2) is 0 Å². The Morgan fingerprint density at radius 2 is 1.59 bits per heavy atom. The van der Waals surface area contributed by atoms with Crippen LogP contribution in [0, 0.1) is 0 Å². The molecule has 190 valence electrons. The highest BCUT2D eigenvalue weighted by Gasteiger charge is 2.13. The van der Waals surface area contributed by atoms with Crippen LogP contribution in [0.25, 0.3) is 11.3 Å². The summed E-state index contributed by atoms with van der Waals surface area (Å²) in [7, 11) is 1.63. The Balaban J connectivity index is 1.46. The van der Waals surface area contributed by atoms with Gasteiger partial charge in [0.1, 0.15) is 12.4 Å². The zero-order valence-electron chi connectivity index (χ0n) is 20.7. The maximum absolute atomic E-state index is 12.2. The Kier molecular flexibility index (Phi) is 8.60. The quantitative estimate of drug-likeness (QED) is 0.279. The lowest BCUT2D eigenvalue weighted by Gasteiger charge is -2.15. The van der Waals surface area contributed by atoms with Crippen molar-refractivity contribution in [3.05, 3.63) is 113 Å². The van der Waals surface area contributed by atoms with Gasteiger partial charge in [-0.25, -0.2) is 4.79 Å². The second kappa shape index (κ2) is 12.4. The van der Waals surface area contributed by atoms with Crippen LogP contribution in [0.15, 0.2) is 91.0 Å². The Hall–Kier alpha value is -4.52. The maximum atomic E-state index is 12.2. The van der Waals surface area contributed by atoms with Gasteiger partial charge in [0, 0.05) is 24.5 Å². The molecule has 1 aromatic heterocycles. The molecule has 4 aromatic rings. The van der Waals surface area contributed by atoms with Crippen molar-refractivity contribution in [1.82, 2.24) is 9.88 Å². The topological polar surface area (TPSA) is 89.8 Å². The lowest BCUT2D eigenvalue weighted by Crippen LogP contribution is -2.23. The molecule has 4 rings (SSSR count). The van der Waals surface area contributed by atoms with Gasteiger partial charge in [0.25, 0.3) is 0 Å². The lowest BCUT2D eigenvalue weighted by atomic mass is 10.1. The van der Waals surface area contributed by atoms with Gasteiger partial charge in [-0.2, -0.15) is 0 Å². The summed E-state index contributed by atoms with van der Waals surface area (Å²) < 4.78 is 12.7. The highest BCUT2D eigenvalue weighted by molar-refractivity contribution is 5.68. The van der Waals surface area contributed by atoms with E-state index in [9.17, 15) is 14.7 Å². The number of amides is 1. The first kappa shape index (κ1) is 25.6. The molecule has 0 fully saturated rings. The number of benzene rings is 3. The summed E-state index contributed by atoms with van der Waals surface area (Å²) in [4.78, 5) is 23.4. The third-order valence-corrected chi connectivity index (χ3v) is 6.03. The second-order valence-electron chi connectivity index (χ2n) is 8.65. The van der Waals surface area contributed by atoms with Crippen molar-refractivity contribution in [1.29, 1.82) is 0 Å². The minimum atomic E-state index is -0.828. The van der Waals surface area contributed by atoms with Crippen LogP contribution in [-0.4, -0.2) is 28.8 Å². The fourth-order valence-electron chi connectivity index (χ4n) is 4.13. The molecule has 0 aliphatic rings. The number of carbonyl (C=O) groups is 2. The molecule has 2 N–H and O–H groups in total. The fraction of sp³-hybridized carbons (Fsp3) is 0.200. The van der Waals surface area contributed by atoms with Crippen LogP contribution in [0.1, 0.15) is 28.8 Å². The summed E-state index contributed by atoms with van der Waals surface area (Å²) in [5.74, 6) is -0.0542. The number of alkyl carbamates (subject to hydrolysis) is 1. The molecule has 7 nitrogen and oxygen atoms in total. The van der Waals surface area contributed by atoms with E-state index in [0.717, 1.165) is 39.4 Å². The summed E-state index contributed by atoms with van der Waals surface area (Å²) in [6.45, 7) is 1.12. The van der Waals surface area contributed by atoms with Gasteiger partial charge in [-0.05, 0) is 65.1 Å². The number of methoxy groups -OCH3 is 1. The molecule has 0 saturated heterocycles. The molecule has 3 aromatic carbocycles. The number of carbonyl (C=O) groups excluding carboxylic acids is 1. The van der Waals surface area contributed by atoms with Crippen molar-refractivity contribution in [3.8, 4) is 17.0 Å². The van der Waals surface area contributed by atoms with E-state index < -0.39 is 12.1 Å². The molecule has 1 heterocycles. The fourth-order valence-corrected chi connectivity index (χ4v) is 4.13. The number of aliphatic carboxylic acids is 1. The third kappa shape index (κ3) is 7.24. The van der Waals surface area contributed by atoms with Crippen LogP contribution in [0.5, 0.6) is 5.75 Å². The van der Waals surface area contributed by atoms with E-state index in [1.807, 2.05) is 91.0 Å². The molecule has 0 bridgehead atoms. The van der Waals surface area contributed by atoms with Crippen LogP contribution in [0.2, 0.25) is 0 Å². The Morgan fingerprint density at radius 3 is 2.32 bits per heavy atom. The summed E-state index contributed by atoms with van der Waals surface area (Å²) >= 11 is 0. The molecular formula is C30H30N2O5. The van der Waals surface area contributed by atoms with Crippen LogP contribution in [0.4, 0.5) is 4.79 Å². The molecule has 0 radical (unpaired) electrons. The van der Waals surface area contributed by atoms with E-state index in [4.69, 9.17) is 9.47 Å². The number of nitrogens with one attached hydrogen (secondary N) is 1. The minimum Gasteiger partial charge on any atom is -0.497 e. The monoisotopic (exact) mass is 498 g/mol. The van der Waals surface area contributed by atoms with Crippen molar-refractivity contribution in [3.63, 3.8) is 0 Å². The number of nitrogens with zero attached hydrogens (tertiary/aromatic N) is 1. The van der Waals surface area contributed by atoms with Crippen LogP contribution >= 0.6 is 0 Å². The van der Waals surface area contributed by atoms with Gasteiger partial charge in [-0.3, -0.25) is 4.79 Å². The largest absolute Gasteiger partial charge is 0.497 e. The van der Waals surface area contributed by atoms with Crippen LogP contribution in [0.3, 0.4) is 0 Å². The van der Waals surface area contributed by atoms with E-state index in [1.54, 1.807) is 7.11 Å². The Labute approximate surface area is 216 Å². The van der Waals surface area contributed by atoms with E-state index in [1.165, 1.54) is 0 Å². The Bertz CT molecular complexity index is 1330. The summed E-state index contributed by atoms with van der Waals surface area (Å²) in [6.07, 6.45) is 0.0126. The number of hydrogen-bond donors (Lipinski definition) is 2. The normalized spacial score (nSPS) is 10.6. The van der Waals surface area contributed by atoms with Gasteiger partial charge in [0.2, 0.25) is 0 Å². The molecule has 0 aliphatic carbocycles. The molecular weight excluding hydrogens is 468 g/mol. The van der Waals surface area contributed by atoms with Crippen LogP contribution < -0.4 is 10.1 Å². The smallest absolute Gasteiger partial charge is 0.407 e. The molecule has 1 amide bonds. The van der Waals surface area contributed by atoms with Gasteiger partial charge >= 0.3 is 12.1 Å². The highest BCUT2D eigenvalue weighted by Crippen LogP contribution is 2.27. The average molecular weight is 499 g/mol. The summed E-state index contributed by atoms with van der Waals surface area (Å²) in [5, 5.41) is 12.0. The predicted octanol–water partition coefficient (Wildman–Crippen LogP) is 5.66. The SMILES string of the molecule is COc1ccc(-c2ccc(CCC(=O)O)n2Cc2cccc(CNC(=O)OCc3ccccc3)c2)cc1. The number of ether oxygens (including phenoxy) is 2. The van der Waals surface area contributed by atoms with Gasteiger partial charge in [-0.1, -0.05) is 54.6 Å². The first-order valence-corrected chi connectivity index (χ1v) is 12.1. The minimum absolute atomic E-state index is 0.0567. The van der Waals surface area contributed by atoms with Gasteiger partial charge in [0.05, 0.1) is 13.5 Å². The number of carboxylic acids is 1. The number of aromatic nitrogens is 1. The maximum Gasteiger partial charge on any atom is 0.407 e. The zero-order chi connectivity index (χ0) is 26.0. The van der Waals surface area contributed by atoms with Crippen molar-refractivity contribution < 1.29 is 24.2 Å². The number of aryl methyl sites for hydroxylation is 1. The predicted molar refractivity (Wildman–Crippen MR) is 141 cm³/mol. The van der Waals surface area contributed by atoms with E-state index in [-0.39, 0.29) is 13.0 Å². The first-order chi connectivity index (χ1) is 18.0. The van der Waals surface area contributed by atoms with E-state index >= 15 is 0 Å². The van der Waals surface area contributed by atoms with Crippen molar-refractivity contribution >= 4 is 12.1 Å². The first-order valence-electron chi connectivity index (χ1n) is 12.1. The molecule has 0 spiro atoms. The molecule has 0 saturated carbocycles. The van der Waals surface area contributed by atoms with Crippen LogP contribution in [-0.2, 0) is 35.6 Å². The van der Waals surface area contributed by atoms with Crippen molar-refractivity contribution in [2.24, 2.45) is 0 Å². The van der Waals surface area contributed by atoms with Gasteiger partial charge < -0.3 is 24.5 Å². The summed E-state index contributed by atoms with van der Waals surface area (Å²) in [6, 6.07) is 29.3. The lowest BCUT2D eigenvalue weighted by molar-refractivity contribution is -0.137. The van der Waals surface area contributed by atoms with Crippen molar-refractivity contribution in [2.75, 3.05) is 7.11 Å². The standard InChI is InChI=1S/C30H30N2O5/c1-36-27-14-10-25(11-15-27)28-16-12-26(13-17-29(33)34)32(28)20-24-9-5-8-23(18-24)19-31-30(35)37-21-22-6-3-2-4-7-22/h2-12,14-16,18H,13,17,19-21H2,1H3,(H,31,35)(H,33,34). The number of carboxylic acid groups (broad SMARTS) is 1. The Morgan fingerprint density at radius 1 is 0.865 bits per heavy atom. The number of rotatable bonds is 11.